The maximum atomic E-state index is 14.8. The van der Waals surface area contributed by atoms with Crippen LogP contribution >= 0.6 is 11.6 Å². The zero-order valence-corrected chi connectivity index (χ0v) is 13.1. The Kier molecular flexibility index (Phi) is 5.34. The third-order valence-electron chi connectivity index (χ3n) is 3.47. The summed E-state index contributed by atoms with van der Waals surface area (Å²) < 4.78 is 14.8. The Hall–Kier alpha value is -2.40. The molecular formula is C17H15ClFNO3. The van der Waals surface area contributed by atoms with Crippen molar-refractivity contribution in [3.05, 3.63) is 70.0 Å². The Morgan fingerprint density at radius 3 is 2.43 bits per heavy atom. The lowest BCUT2D eigenvalue weighted by atomic mass is 9.96. The van der Waals surface area contributed by atoms with E-state index >= 15 is 0 Å². The van der Waals surface area contributed by atoms with Gasteiger partial charge in [0.2, 0.25) is 0 Å². The predicted octanol–water partition coefficient (Wildman–Crippen LogP) is 4.43. The predicted molar refractivity (Wildman–Crippen MR) is 85.5 cm³/mol. The van der Waals surface area contributed by atoms with Crippen LogP contribution in [0.5, 0.6) is 0 Å². The standard InChI is InChI=1S/C17H15ClFNO3/c1-2-13(20-17(22)23)11-8-9-12(18)14(15(11)19)16(21)10-6-4-3-5-7-10/h3-9,13,20H,2H2,1H3,(H,22,23)/t13-/m1/s1. The zero-order valence-electron chi connectivity index (χ0n) is 12.3. The van der Waals surface area contributed by atoms with Crippen LogP contribution in [0.3, 0.4) is 0 Å². The minimum Gasteiger partial charge on any atom is -0.465 e. The number of nitrogens with one attached hydrogen (secondary N) is 1. The Balaban J connectivity index is 2.51. The van der Waals surface area contributed by atoms with Gasteiger partial charge in [-0.2, -0.15) is 0 Å². The molecule has 0 unspecified atom stereocenters. The molecule has 0 aromatic heterocycles. The average Bonchev–Trinajstić information content (AvgIpc) is 2.53. The number of ketones is 1. The summed E-state index contributed by atoms with van der Waals surface area (Å²) in [5, 5.41) is 11.1. The first kappa shape index (κ1) is 17.0. The highest BCUT2D eigenvalue weighted by atomic mass is 35.5. The monoisotopic (exact) mass is 335 g/mol. The molecule has 2 rings (SSSR count). The van der Waals surface area contributed by atoms with Gasteiger partial charge >= 0.3 is 6.09 Å². The van der Waals surface area contributed by atoms with Crippen molar-refractivity contribution >= 4 is 23.5 Å². The van der Waals surface area contributed by atoms with Crippen LogP contribution in [-0.2, 0) is 0 Å². The van der Waals surface area contributed by atoms with E-state index < -0.39 is 23.7 Å². The molecule has 1 atom stereocenters. The summed E-state index contributed by atoms with van der Waals surface area (Å²) in [4.78, 5) is 23.3. The van der Waals surface area contributed by atoms with Crippen molar-refractivity contribution < 1.29 is 19.1 Å². The smallest absolute Gasteiger partial charge is 0.405 e. The van der Waals surface area contributed by atoms with Gasteiger partial charge in [0.25, 0.3) is 0 Å². The zero-order chi connectivity index (χ0) is 17.0. The number of halogens is 2. The lowest BCUT2D eigenvalue weighted by Crippen LogP contribution is -2.27. The maximum Gasteiger partial charge on any atom is 0.405 e. The third-order valence-corrected chi connectivity index (χ3v) is 3.78. The highest BCUT2D eigenvalue weighted by molar-refractivity contribution is 6.35. The average molecular weight is 336 g/mol. The lowest BCUT2D eigenvalue weighted by molar-refractivity contribution is 0.103. The summed E-state index contributed by atoms with van der Waals surface area (Å²) in [5.74, 6) is -1.34. The second-order valence-corrected chi connectivity index (χ2v) is 5.34. The molecule has 0 saturated carbocycles. The highest BCUT2D eigenvalue weighted by Crippen LogP contribution is 2.29. The van der Waals surface area contributed by atoms with Gasteiger partial charge in [0.15, 0.2) is 5.78 Å². The van der Waals surface area contributed by atoms with E-state index in [2.05, 4.69) is 5.32 Å². The molecule has 2 N–H and O–H groups in total. The molecule has 0 heterocycles. The topological polar surface area (TPSA) is 66.4 Å². The van der Waals surface area contributed by atoms with Gasteiger partial charge in [-0.15, -0.1) is 0 Å². The van der Waals surface area contributed by atoms with Crippen LogP contribution in [-0.4, -0.2) is 17.0 Å². The molecule has 23 heavy (non-hydrogen) atoms. The van der Waals surface area contributed by atoms with Crippen LogP contribution in [0.15, 0.2) is 42.5 Å². The van der Waals surface area contributed by atoms with Crippen molar-refractivity contribution in [2.24, 2.45) is 0 Å². The van der Waals surface area contributed by atoms with Crippen molar-refractivity contribution in [3.8, 4) is 0 Å². The Labute approximate surface area is 137 Å². The fraction of sp³-hybridized carbons (Fsp3) is 0.176. The third kappa shape index (κ3) is 3.68. The molecular weight excluding hydrogens is 321 g/mol. The quantitative estimate of drug-likeness (QED) is 0.794. The lowest BCUT2D eigenvalue weighted by Gasteiger charge is -2.18. The number of hydrogen-bond donors (Lipinski definition) is 2. The first-order chi connectivity index (χ1) is 11.0. The SMILES string of the molecule is CC[C@@H](NC(=O)O)c1ccc(Cl)c(C(=O)c2ccccc2)c1F. The van der Waals surface area contributed by atoms with E-state index in [0.717, 1.165) is 0 Å². The van der Waals surface area contributed by atoms with E-state index in [4.69, 9.17) is 16.7 Å². The van der Waals surface area contributed by atoms with Crippen molar-refractivity contribution in [2.75, 3.05) is 0 Å². The summed E-state index contributed by atoms with van der Waals surface area (Å²) >= 11 is 6.00. The van der Waals surface area contributed by atoms with Gasteiger partial charge in [0, 0.05) is 11.1 Å². The van der Waals surface area contributed by atoms with E-state index in [9.17, 15) is 14.0 Å². The van der Waals surface area contributed by atoms with Crippen molar-refractivity contribution in [1.82, 2.24) is 5.32 Å². The Morgan fingerprint density at radius 1 is 1.22 bits per heavy atom. The van der Waals surface area contributed by atoms with Gasteiger partial charge in [-0.25, -0.2) is 9.18 Å². The van der Waals surface area contributed by atoms with Gasteiger partial charge in [-0.05, 0) is 12.5 Å². The number of carboxylic acid groups (broad SMARTS) is 1. The second-order valence-electron chi connectivity index (χ2n) is 4.93. The molecule has 120 valence electrons. The number of hydrogen-bond acceptors (Lipinski definition) is 2. The number of amides is 1. The molecule has 6 heteroatoms. The van der Waals surface area contributed by atoms with Crippen molar-refractivity contribution in [2.45, 2.75) is 19.4 Å². The van der Waals surface area contributed by atoms with Gasteiger partial charge in [-0.1, -0.05) is 54.9 Å². The minimum atomic E-state index is -1.26. The molecule has 2 aromatic rings. The maximum absolute atomic E-state index is 14.8. The first-order valence-electron chi connectivity index (χ1n) is 7.02. The Bertz CT molecular complexity index is 734. The molecule has 0 fully saturated rings. The molecule has 0 aliphatic rings. The molecule has 0 aliphatic carbocycles. The van der Waals surface area contributed by atoms with Crippen LogP contribution in [0.2, 0.25) is 5.02 Å². The summed E-state index contributed by atoms with van der Waals surface area (Å²) in [7, 11) is 0. The van der Waals surface area contributed by atoms with Crippen LogP contribution < -0.4 is 5.32 Å². The number of benzene rings is 2. The van der Waals surface area contributed by atoms with E-state index in [1.54, 1.807) is 37.3 Å². The normalized spacial score (nSPS) is 11.8. The Morgan fingerprint density at radius 2 is 1.87 bits per heavy atom. The van der Waals surface area contributed by atoms with Gasteiger partial charge in [-0.3, -0.25) is 4.79 Å². The van der Waals surface area contributed by atoms with Gasteiger partial charge in [0.05, 0.1) is 16.6 Å². The van der Waals surface area contributed by atoms with E-state index in [1.165, 1.54) is 12.1 Å². The molecule has 0 aliphatic heterocycles. The summed E-state index contributed by atoms with van der Waals surface area (Å²) in [5.41, 5.74) is 0.157. The van der Waals surface area contributed by atoms with Crippen LogP contribution in [0.4, 0.5) is 9.18 Å². The first-order valence-corrected chi connectivity index (χ1v) is 7.40. The molecule has 0 bridgehead atoms. The molecule has 1 amide bonds. The van der Waals surface area contributed by atoms with Gasteiger partial charge < -0.3 is 10.4 Å². The number of rotatable bonds is 5. The van der Waals surface area contributed by atoms with Gasteiger partial charge in [0.1, 0.15) is 5.82 Å². The molecule has 0 saturated heterocycles. The molecule has 0 spiro atoms. The van der Waals surface area contributed by atoms with Crippen molar-refractivity contribution in [3.63, 3.8) is 0 Å². The second kappa shape index (κ2) is 7.24. The van der Waals surface area contributed by atoms with Crippen LogP contribution in [0, 0.1) is 5.82 Å². The highest BCUT2D eigenvalue weighted by Gasteiger charge is 2.24. The van der Waals surface area contributed by atoms with E-state index in [1.807, 2.05) is 0 Å². The molecule has 0 radical (unpaired) electrons. The molecule has 2 aromatic carbocycles. The summed E-state index contributed by atoms with van der Waals surface area (Å²) in [6, 6.07) is 10.3. The number of carbonyl (C=O) groups excluding carboxylic acids is 1. The molecule has 4 nitrogen and oxygen atoms in total. The van der Waals surface area contributed by atoms with Crippen LogP contribution in [0.1, 0.15) is 40.9 Å². The largest absolute Gasteiger partial charge is 0.465 e. The van der Waals surface area contributed by atoms with Crippen molar-refractivity contribution in [1.29, 1.82) is 0 Å². The minimum absolute atomic E-state index is 0.00900. The fourth-order valence-corrected chi connectivity index (χ4v) is 2.56. The van der Waals surface area contributed by atoms with E-state index in [-0.39, 0.29) is 16.1 Å². The summed E-state index contributed by atoms with van der Waals surface area (Å²) in [6.07, 6.45) is -0.925. The summed E-state index contributed by atoms with van der Waals surface area (Å²) in [6.45, 7) is 1.72. The van der Waals surface area contributed by atoms with Crippen LogP contribution in [0.25, 0.3) is 0 Å². The van der Waals surface area contributed by atoms with E-state index in [0.29, 0.717) is 12.0 Å². The number of carbonyl (C=O) groups is 2. The fourth-order valence-electron chi connectivity index (χ4n) is 2.33.